The maximum absolute atomic E-state index is 12.7. The first kappa shape index (κ1) is 18.7. The van der Waals surface area contributed by atoms with Crippen LogP contribution in [0.1, 0.15) is 30.0 Å². The van der Waals surface area contributed by atoms with E-state index in [4.69, 9.17) is 4.74 Å². The third kappa shape index (κ3) is 4.37. The van der Waals surface area contributed by atoms with Gasteiger partial charge in [0, 0.05) is 18.9 Å². The van der Waals surface area contributed by atoms with E-state index in [9.17, 15) is 4.79 Å². The molecule has 0 fully saturated rings. The van der Waals surface area contributed by atoms with Crippen molar-refractivity contribution in [3.8, 4) is 11.4 Å². The molecule has 0 bridgehead atoms. The lowest BCUT2D eigenvalue weighted by Gasteiger charge is -2.20. The van der Waals surface area contributed by atoms with E-state index in [0.29, 0.717) is 13.0 Å². The summed E-state index contributed by atoms with van der Waals surface area (Å²) in [6.07, 6.45) is 5.45. The zero-order chi connectivity index (χ0) is 19.2. The van der Waals surface area contributed by atoms with Crippen molar-refractivity contribution in [3.05, 3.63) is 77.9 Å². The fourth-order valence-corrected chi connectivity index (χ4v) is 2.94. The van der Waals surface area contributed by atoms with Gasteiger partial charge < -0.3 is 14.6 Å². The van der Waals surface area contributed by atoms with E-state index in [-0.39, 0.29) is 5.91 Å². The molecule has 3 aromatic rings. The lowest BCUT2D eigenvalue weighted by Crippen LogP contribution is -2.37. The van der Waals surface area contributed by atoms with Crippen molar-refractivity contribution in [1.82, 2.24) is 14.9 Å². The van der Waals surface area contributed by atoms with Gasteiger partial charge in [-0.05, 0) is 49.1 Å². The molecule has 1 aromatic heterocycles. The van der Waals surface area contributed by atoms with Crippen molar-refractivity contribution in [3.63, 3.8) is 0 Å². The molecule has 3 rings (SSSR count). The number of imidazole rings is 1. The van der Waals surface area contributed by atoms with E-state index < -0.39 is 6.10 Å². The summed E-state index contributed by atoms with van der Waals surface area (Å²) in [6.45, 7) is 6.43. The van der Waals surface area contributed by atoms with Crippen LogP contribution >= 0.6 is 0 Å². The highest BCUT2D eigenvalue weighted by atomic mass is 16.5. The van der Waals surface area contributed by atoms with Crippen LogP contribution in [0.25, 0.3) is 5.69 Å². The van der Waals surface area contributed by atoms with E-state index in [1.807, 2.05) is 74.0 Å². The highest BCUT2D eigenvalue weighted by molar-refractivity contribution is 5.81. The van der Waals surface area contributed by atoms with Gasteiger partial charge in [-0.15, -0.1) is 0 Å². The van der Waals surface area contributed by atoms with Gasteiger partial charge in [-0.2, -0.15) is 0 Å². The van der Waals surface area contributed by atoms with Crippen molar-refractivity contribution in [2.75, 3.05) is 0 Å². The molecular formula is C22H25N3O2. The molecule has 0 aliphatic heterocycles. The SMILES string of the molecule is CCC(Oc1cccc(C)c1C)C(=O)NCc1ccccc1-n1ccnc1. The fraction of sp³-hybridized carbons (Fsp3) is 0.273. The molecule has 0 saturated carbocycles. The molecule has 27 heavy (non-hydrogen) atoms. The Balaban J connectivity index is 1.69. The highest BCUT2D eigenvalue weighted by Crippen LogP contribution is 2.22. The molecule has 1 unspecified atom stereocenters. The zero-order valence-electron chi connectivity index (χ0n) is 16.0. The number of hydrogen-bond acceptors (Lipinski definition) is 3. The minimum absolute atomic E-state index is 0.112. The molecule has 0 aliphatic carbocycles. The summed E-state index contributed by atoms with van der Waals surface area (Å²) in [5.74, 6) is 0.648. The average Bonchev–Trinajstić information content (AvgIpc) is 3.22. The van der Waals surface area contributed by atoms with Crippen LogP contribution in [0, 0.1) is 13.8 Å². The summed E-state index contributed by atoms with van der Waals surface area (Å²) < 4.78 is 7.94. The number of nitrogens with one attached hydrogen (secondary N) is 1. The topological polar surface area (TPSA) is 56.1 Å². The minimum Gasteiger partial charge on any atom is -0.480 e. The van der Waals surface area contributed by atoms with Crippen LogP contribution in [0.3, 0.4) is 0 Å². The summed E-state index contributed by atoms with van der Waals surface area (Å²) in [4.78, 5) is 16.8. The molecule has 2 aromatic carbocycles. The molecule has 1 atom stereocenters. The molecule has 1 N–H and O–H groups in total. The van der Waals surface area contributed by atoms with Gasteiger partial charge in [0.15, 0.2) is 6.10 Å². The highest BCUT2D eigenvalue weighted by Gasteiger charge is 2.19. The Bertz CT molecular complexity index is 904. The molecule has 5 heteroatoms. The Hall–Kier alpha value is -3.08. The van der Waals surface area contributed by atoms with Crippen molar-refractivity contribution < 1.29 is 9.53 Å². The predicted octanol–water partition coefficient (Wildman–Crippen LogP) is 3.96. The van der Waals surface area contributed by atoms with Crippen molar-refractivity contribution >= 4 is 5.91 Å². The maximum atomic E-state index is 12.7. The molecule has 0 aliphatic rings. The van der Waals surface area contributed by atoms with Gasteiger partial charge in [0.2, 0.25) is 0 Å². The number of ether oxygens (including phenoxy) is 1. The molecule has 0 spiro atoms. The van der Waals surface area contributed by atoms with Gasteiger partial charge in [-0.1, -0.05) is 37.3 Å². The number of benzene rings is 2. The smallest absolute Gasteiger partial charge is 0.261 e. The molecular weight excluding hydrogens is 338 g/mol. The van der Waals surface area contributed by atoms with Crippen LogP contribution < -0.4 is 10.1 Å². The van der Waals surface area contributed by atoms with E-state index in [0.717, 1.165) is 28.1 Å². The normalized spacial score (nSPS) is 11.8. The fourth-order valence-electron chi connectivity index (χ4n) is 2.94. The van der Waals surface area contributed by atoms with Crippen LogP contribution in [-0.4, -0.2) is 21.6 Å². The number of rotatable bonds is 7. The van der Waals surface area contributed by atoms with Gasteiger partial charge in [0.25, 0.3) is 5.91 Å². The number of aryl methyl sites for hydroxylation is 1. The molecule has 1 heterocycles. The number of carbonyl (C=O) groups is 1. The van der Waals surface area contributed by atoms with Crippen LogP contribution in [0.2, 0.25) is 0 Å². The number of amides is 1. The molecule has 0 saturated heterocycles. The van der Waals surface area contributed by atoms with Gasteiger partial charge in [0.05, 0.1) is 12.0 Å². The van der Waals surface area contributed by atoms with Crippen LogP contribution in [-0.2, 0) is 11.3 Å². The molecule has 140 valence electrons. The maximum Gasteiger partial charge on any atom is 0.261 e. The zero-order valence-corrected chi connectivity index (χ0v) is 16.0. The summed E-state index contributed by atoms with van der Waals surface area (Å²) >= 11 is 0. The van der Waals surface area contributed by atoms with Gasteiger partial charge >= 0.3 is 0 Å². The molecule has 0 radical (unpaired) electrons. The Kier molecular flexibility index (Phi) is 5.91. The van der Waals surface area contributed by atoms with Gasteiger partial charge in [0.1, 0.15) is 5.75 Å². The van der Waals surface area contributed by atoms with E-state index in [1.54, 1.807) is 12.5 Å². The summed E-state index contributed by atoms with van der Waals surface area (Å²) in [5.41, 5.74) is 4.23. The monoisotopic (exact) mass is 363 g/mol. The van der Waals surface area contributed by atoms with Crippen molar-refractivity contribution in [2.45, 2.75) is 39.8 Å². The molecule has 5 nitrogen and oxygen atoms in total. The Labute approximate surface area is 160 Å². The van der Waals surface area contributed by atoms with Crippen molar-refractivity contribution in [1.29, 1.82) is 0 Å². The first-order valence-electron chi connectivity index (χ1n) is 9.17. The first-order chi connectivity index (χ1) is 13.1. The summed E-state index contributed by atoms with van der Waals surface area (Å²) in [6, 6.07) is 13.8. The molecule has 1 amide bonds. The predicted molar refractivity (Wildman–Crippen MR) is 106 cm³/mol. The Morgan fingerprint density at radius 3 is 2.74 bits per heavy atom. The standard InChI is InChI=1S/C22H25N3O2/c1-4-20(27-21-11-7-8-16(2)17(21)3)22(26)24-14-18-9-5-6-10-19(18)25-13-12-23-15-25/h5-13,15,20H,4,14H2,1-3H3,(H,24,26). The Morgan fingerprint density at radius 2 is 2.00 bits per heavy atom. The second kappa shape index (κ2) is 8.54. The van der Waals surface area contributed by atoms with Crippen LogP contribution in [0.4, 0.5) is 0 Å². The van der Waals surface area contributed by atoms with E-state index in [2.05, 4.69) is 10.3 Å². The Morgan fingerprint density at radius 1 is 1.19 bits per heavy atom. The lowest BCUT2D eigenvalue weighted by molar-refractivity contribution is -0.128. The van der Waals surface area contributed by atoms with Crippen LogP contribution in [0.15, 0.2) is 61.2 Å². The number of aromatic nitrogens is 2. The summed E-state index contributed by atoms with van der Waals surface area (Å²) in [7, 11) is 0. The quantitative estimate of drug-likeness (QED) is 0.691. The number of hydrogen-bond donors (Lipinski definition) is 1. The van der Waals surface area contributed by atoms with Gasteiger partial charge in [-0.25, -0.2) is 4.98 Å². The second-order valence-corrected chi connectivity index (χ2v) is 6.53. The third-order valence-electron chi connectivity index (χ3n) is 4.71. The van der Waals surface area contributed by atoms with Crippen molar-refractivity contribution in [2.24, 2.45) is 0 Å². The average molecular weight is 363 g/mol. The lowest BCUT2D eigenvalue weighted by atomic mass is 10.1. The number of carbonyl (C=O) groups excluding carboxylic acids is 1. The second-order valence-electron chi connectivity index (χ2n) is 6.53. The van der Waals surface area contributed by atoms with Gasteiger partial charge in [-0.3, -0.25) is 4.79 Å². The number of nitrogens with zero attached hydrogens (tertiary/aromatic N) is 2. The minimum atomic E-state index is -0.522. The van der Waals surface area contributed by atoms with E-state index in [1.165, 1.54) is 0 Å². The summed E-state index contributed by atoms with van der Waals surface area (Å²) in [5, 5.41) is 3.01. The first-order valence-corrected chi connectivity index (χ1v) is 9.17. The third-order valence-corrected chi connectivity index (χ3v) is 4.71. The largest absolute Gasteiger partial charge is 0.480 e. The van der Waals surface area contributed by atoms with E-state index >= 15 is 0 Å². The van der Waals surface area contributed by atoms with Crippen LogP contribution in [0.5, 0.6) is 5.75 Å². The number of para-hydroxylation sites is 1.